The lowest BCUT2D eigenvalue weighted by atomic mass is 9.93. The topological polar surface area (TPSA) is 38.0 Å². The highest BCUT2D eigenvalue weighted by atomic mass is 32.1. The molecule has 1 aromatic heterocycles. The van der Waals surface area contributed by atoms with Gasteiger partial charge in [0, 0.05) is 6.04 Å². The molecular weight excluding hydrogens is 180 g/mol. The van der Waals surface area contributed by atoms with Crippen LogP contribution >= 0.6 is 11.3 Å². The molecule has 2 unspecified atom stereocenters. The highest BCUT2D eigenvalue weighted by Gasteiger charge is 2.16. The summed E-state index contributed by atoms with van der Waals surface area (Å²) in [5, 5.41) is 4.26. The van der Waals surface area contributed by atoms with Gasteiger partial charge in [-0.25, -0.2) is 0 Å². The second kappa shape index (κ2) is 5.37. The van der Waals surface area contributed by atoms with Crippen molar-refractivity contribution >= 4 is 11.3 Å². The van der Waals surface area contributed by atoms with E-state index in [9.17, 15) is 0 Å². The Labute approximate surface area is 84.1 Å². The van der Waals surface area contributed by atoms with Crippen molar-refractivity contribution in [3.8, 4) is 0 Å². The molecule has 3 N–H and O–H groups in total. The van der Waals surface area contributed by atoms with Gasteiger partial charge in [-0.2, -0.15) is 11.3 Å². The van der Waals surface area contributed by atoms with Crippen molar-refractivity contribution in [2.45, 2.75) is 32.7 Å². The van der Waals surface area contributed by atoms with Crippen LogP contribution in [0.4, 0.5) is 0 Å². The zero-order valence-electron chi connectivity index (χ0n) is 8.29. The molecule has 0 saturated carbocycles. The number of hydrogen-bond donors (Lipinski definition) is 2. The molecule has 0 bridgehead atoms. The predicted octanol–water partition coefficient (Wildman–Crippen LogP) is 2.69. The summed E-state index contributed by atoms with van der Waals surface area (Å²) in [6.45, 7) is 4.45. The minimum atomic E-state index is 0.311. The van der Waals surface area contributed by atoms with Crippen molar-refractivity contribution in [3.63, 3.8) is 0 Å². The summed E-state index contributed by atoms with van der Waals surface area (Å²) in [4.78, 5) is 0. The number of rotatable bonds is 5. The Hall–Kier alpha value is -0.380. The molecular formula is C10H18N2S. The summed E-state index contributed by atoms with van der Waals surface area (Å²) in [5.41, 5.74) is 4.21. The van der Waals surface area contributed by atoms with Crippen molar-refractivity contribution in [1.29, 1.82) is 0 Å². The lowest BCUT2D eigenvalue weighted by Gasteiger charge is -2.21. The maximum atomic E-state index is 5.55. The Kier molecular flexibility index (Phi) is 4.42. The van der Waals surface area contributed by atoms with Gasteiger partial charge in [-0.3, -0.25) is 11.3 Å². The van der Waals surface area contributed by atoms with Gasteiger partial charge in [0.25, 0.3) is 0 Å². The van der Waals surface area contributed by atoms with Crippen molar-refractivity contribution in [3.05, 3.63) is 22.4 Å². The van der Waals surface area contributed by atoms with Gasteiger partial charge in [-0.1, -0.05) is 20.3 Å². The molecule has 1 aromatic rings. The number of nitrogens with two attached hydrogens (primary N) is 1. The van der Waals surface area contributed by atoms with Crippen LogP contribution in [0.2, 0.25) is 0 Å². The number of nitrogens with one attached hydrogen (secondary N) is 1. The molecule has 0 saturated heterocycles. The maximum absolute atomic E-state index is 5.55. The van der Waals surface area contributed by atoms with Crippen molar-refractivity contribution in [2.24, 2.45) is 11.8 Å². The summed E-state index contributed by atoms with van der Waals surface area (Å²) in [5.74, 6) is 6.15. The molecule has 74 valence electrons. The maximum Gasteiger partial charge on any atom is 0.0493 e. The number of hydrazine groups is 1. The lowest BCUT2D eigenvalue weighted by Crippen LogP contribution is -2.32. The highest BCUT2D eigenvalue weighted by molar-refractivity contribution is 7.07. The minimum Gasteiger partial charge on any atom is -0.271 e. The summed E-state index contributed by atoms with van der Waals surface area (Å²) in [7, 11) is 0. The van der Waals surface area contributed by atoms with E-state index >= 15 is 0 Å². The van der Waals surface area contributed by atoms with E-state index in [1.807, 2.05) is 0 Å². The van der Waals surface area contributed by atoms with Crippen LogP contribution in [-0.2, 0) is 0 Å². The van der Waals surface area contributed by atoms with Crippen LogP contribution in [-0.4, -0.2) is 0 Å². The van der Waals surface area contributed by atoms with Crippen LogP contribution in [0.25, 0.3) is 0 Å². The Morgan fingerprint density at radius 3 is 2.85 bits per heavy atom. The molecule has 0 aromatic carbocycles. The van der Waals surface area contributed by atoms with E-state index in [4.69, 9.17) is 5.84 Å². The standard InChI is InChI=1S/C10H18N2S/c1-3-4-8(2)10(12-11)9-5-6-13-7-9/h5-8,10,12H,3-4,11H2,1-2H3. The third-order valence-electron chi connectivity index (χ3n) is 2.39. The largest absolute Gasteiger partial charge is 0.271 e. The first-order valence-corrected chi connectivity index (χ1v) is 5.72. The first-order chi connectivity index (χ1) is 6.29. The number of hydrogen-bond acceptors (Lipinski definition) is 3. The molecule has 3 heteroatoms. The zero-order chi connectivity index (χ0) is 9.68. The van der Waals surface area contributed by atoms with Gasteiger partial charge >= 0.3 is 0 Å². The Morgan fingerprint density at radius 2 is 2.38 bits per heavy atom. The van der Waals surface area contributed by atoms with Crippen LogP contribution in [0.3, 0.4) is 0 Å². The van der Waals surface area contributed by atoms with E-state index in [0.717, 1.165) is 0 Å². The van der Waals surface area contributed by atoms with E-state index in [1.165, 1.54) is 18.4 Å². The molecule has 0 spiro atoms. The van der Waals surface area contributed by atoms with E-state index < -0.39 is 0 Å². The molecule has 13 heavy (non-hydrogen) atoms. The molecule has 0 fully saturated rings. The van der Waals surface area contributed by atoms with Crippen molar-refractivity contribution in [2.75, 3.05) is 0 Å². The molecule has 2 atom stereocenters. The van der Waals surface area contributed by atoms with E-state index in [2.05, 4.69) is 36.1 Å². The third kappa shape index (κ3) is 2.79. The van der Waals surface area contributed by atoms with Crippen molar-refractivity contribution < 1.29 is 0 Å². The van der Waals surface area contributed by atoms with Gasteiger partial charge in [-0.05, 0) is 34.7 Å². The zero-order valence-corrected chi connectivity index (χ0v) is 9.10. The SMILES string of the molecule is CCCC(C)C(NN)c1ccsc1. The second-order valence-electron chi connectivity index (χ2n) is 3.47. The van der Waals surface area contributed by atoms with Gasteiger partial charge in [-0.15, -0.1) is 0 Å². The van der Waals surface area contributed by atoms with Crippen LogP contribution < -0.4 is 11.3 Å². The van der Waals surface area contributed by atoms with Gasteiger partial charge in [0.05, 0.1) is 0 Å². The fraction of sp³-hybridized carbons (Fsp3) is 0.600. The molecule has 1 heterocycles. The molecule has 0 radical (unpaired) electrons. The minimum absolute atomic E-state index is 0.311. The molecule has 0 amide bonds. The average Bonchev–Trinajstić information content (AvgIpc) is 2.59. The smallest absolute Gasteiger partial charge is 0.0493 e. The van der Waals surface area contributed by atoms with E-state index in [1.54, 1.807) is 11.3 Å². The van der Waals surface area contributed by atoms with E-state index in [-0.39, 0.29) is 0 Å². The first-order valence-electron chi connectivity index (χ1n) is 4.77. The van der Waals surface area contributed by atoms with Gasteiger partial charge < -0.3 is 0 Å². The monoisotopic (exact) mass is 198 g/mol. The second-order valence-corrected chi connectivity index (χ2v) is 4.25. The van der Waals surface area contributed by atoms with Gasteiger partial charge in [0.15, 0.2) is 0 Å². The summed E-state index contributed by atoms with van der Waals surface area (Å²) >= 11 is 1.72. The predicted molar refractivity (Wildman–Crippen MR) is 58.5 cm³/mol. The highest BCUT2D eigenvalue weighted by Crippen LogP contribution is 2.26. The van der Waals surface area contributed by atoms with Gasteiger partial charge in [0.2, 0.25) is 0 Å². The molecule has 1 rings (SSSR count). The fourth-order valence-electron chi connectivity index (χ4n) is 1.66. The molecule has 0 aliphatic carbocycles. The Balaban J connectivity index is 2.62. The number of thiophene rings is 1. The van der Waals surface area contributed by atoms with Crippen LogP contribution in [0.15, 0.2) is 16.8 Å². The fourth-order valence-corrected chi connectivity index (χ4v) is 2.36. The normalized spacial score (nSPS) is 15.6. The summed E-state index contributed by atoms with van der Waals surface area (Å²) in [6.07, 6.45) is 2.42. The third-order valence-corrected chi connectivity index (χ3v) is 3.10. The molecule has 0 aliphatic heterocycles. The Bertz CT molecular complexity index is 221. The Morgan fingerprint density at radius 1 is 1.62 bits per heavy atom. The quantitative estimate of drug-likeness (QED) is 0.564. The van der Waals surface area contributed by atoms with E-state index in [0.29, 0.717) is 12.0 Å². The summed E-state index contributed by atoms with van der Waals surface area (Å²) in [6, 6.07) is 2.45. The molecule has 0 aliphatic rings. The molecule has 2 nitrogen and oxygen atoms in total. The van der Waals surface area contributed by atoms with Crippen LogP contribution in [0.5, 0.6) is 0 Å². The van der Waals surface area contributed by atoms with Crippen LogP contribution in [0, 0.1) is 5.92 Å². The summed E-state index contributed by atoms with van der Waals surface area (Å²) < 4.78 is 0. The van der Waals surface area contributed by atoms with Crippen LogP contribution in [0.1, 0.15) is 38.3 Å². The van der Waals surface area contributed by atoms with Gasteiger partial charge in [0.1, 0.15) is 0 Å². The first kappa shape index (κ1) is 10.7. The lowest BCUT2D eigenvalue weighted by molar-refractivity contribution is 0.369. The van der Waals surface area contributed by atoms with Crippen molar-refractivity contribution in [1.82, 2.24) is 5.43 Å². The average molecular weight is 198 g/mol.